The van der Waals surface area contributed by atoms with Crippen molar-refractivity contribution in [3.63, 3.8) is 0 Å². The van der Waals surface area contributed by atoms with Crippen LogP contribution in [0.3, 0.4) is 0 Å². The lowest BCUT2D eigenvalue weighted by Crippen LogP contribution is -1.96. The first-order valence-corrected chi connectivity index (χ1v) is 6.53. The van der Waals surface area contributed by atoms with Gasteiger partial charge in [0.05, 0.1) is 4.90 Å². The second-order valence-corrected chi connectivity index (χ2v) is 5.58. The molecule has 0 bridgehead atoms. The van der Waals surface area contributed by atoms with Crippen LogP contribution in [0.15, 0.2) is 33.7 Å². The highest BCUT2D eigenvalue weighted by Crippen LogP contribution is 2.31. The zero-order valence-corrected chi connectivity index (χ0v) is 9.73. The molecular weight excluding hydrogens is 244 g/mol. The van der Waals surface area contributed by atoms with E-state index in [2.05, 4.69) is 9.68 Å². The Kier molecular flexibility index (Phi) is 2.55. The lowest BCUT2D eigenvalue weighted by atomic mass is 10.1. The van der Waals surface area contributed by atoms with E-state index in [9.17, 15) is 13.5 Å². The fraction of sp³-hybridized carbons (Fsp3) is 0.100. The summed E-state index contributed by atoms with van der Waals surface area (Å²) >= 11 is 0. The maximum Gasteiger partial charge on any atom is 0.222 e. The smallest absolute Gasteiger partial charge is 0.222 e. The van der Waals surface area contributed by atoms with E-state index in [0.717, 1.165) is 12.3 Å². The van der Waals surface area contributed by atoms with Gasteiger partial charge in [0.1, 0.15) is 11.4 Å². The number of phenolic OH excluding ortho intramolecular Hbond substituents is 1. The Hall–Kier alpha value is -2.02. The van der Waals surface area contributed by atoms with Crippen LogP contribution in [0.1, 0.15) is 0 Å². The van der Waals surface area contributed by atoms with Gasteiger partial charge in [0.25, 0.3) is 0 Å². The molecule has 0 aliphatic carbocycles. The summed E-state index contributed by atoms with van der Waals surface area (Å²) in [5.74, 6) is -0.0761. The molecule has 0 unspecified atom stereocenters. The molecule has 1 aromatic carbocycles. The Morgan fingerprint density at radius 1 is 1.35 bits per heavy atom. The molecule has 1 heterocycles. The summed E-state index contributed by atoms with van der Waals surface area (Å²) in [6.07, 6.45) is 1.07. The highest BCUT2D eigenvalue weighted by molar-refractivity contribution is 7.90. The molecule has 0 fully saturated rings. The lowest BCUT2D eigenvalue weighted by molar-refractivity contribution is 0.437. The number of rotatable bonds is 2. The van der Waals surface area contributed by atoms with Crippen molar-refractivity contribution in [3.8, 4) is 17.0 Å². The van der Waals surface area contributed by atoms with Crippen molar-refractivity contribution in [3.05, 3.63) is 24.3 Å². The predicted octanol–water partition coefficient (Wildman–Crippen LogP) is 1.03. The number of hydrogen-bond acceptors (Lipinski definition) is 6. The quantitative estimate of drug-likeness (QED) is 0.829. The van der Waals surface area contributed by atoms with Gasteiger partial charge in [-0.1, -0.05) is 5.16 Å². The van der Waals surface area contributed by atoms with Gasteiger partial charge >= 0.3 is 0 Å². The lowest BCUT2D eigenvalue weighted by Gasteiger charge is -2.03. The number of nitrogen functional groups attached to an aromatic ring is 1. The number of benzene rings is 1. The molecule has 90 valence electrons. The van der Waals surface area contributed by atoms with Gasteiger partial charge in [-0.15, -0.1) is 0 Å². The Morgan fingerprint density at radius 2 is 2.06 bits per heavy atom. The molecule has 0 aliphatic heterocycles. The number of nitrogens with zero attached hydrogens (tertiary/aromatic N) is 1. The van der Waals surface area contributed by atoms with E-state index in [0.29, 0.717) is 11.3 Å². The molecule has 2 rings (SSSR count). The van der Waals surface area contributed by atoms with E-state index in [1.54, 1.807) is 0 Å². The normalized spacial score (nSPS) is 11.6. The van der Waals surface area contributed by atoms with Gasteiger partial charge in [-0.05, 0) is 18.2 Å². The van der Waals surface area contributed by atoms with E-state index in [1.807, 2.05) is 0 Å². The first-order valence-electron chi connectivity index (χ1n) is 4.63. The Labute approximate surface area is 97.6 Å². The molecule has 7 heteroatoms. The van der Waals surface area contributed by atoms with Crippen molar-refractivity contribution in [1.29, 1.82) is 0 Å². The number of sulfone groups is 1. The van der Waals surface area contributed by atoms with E-state index < -0.39 is 9.84 Å². The second kappa shape index (κ2) is 3.77. The van der Waals surface area contributed by atoms with Crippen LogP contribution < -0.4 is 5.73 Å². The Balaban J connectivity index is 2.53. The van der Waals surface area contributed by atoms with Gasteiger partial charge in [-0.3, -0.25) is 0 Å². The fourth-order valence-electron chi connectivity index (χ4n) is 1.37. The molecule has 17 heavy (non-hydrogen) atoms. The van der Waals surface area contributed by atoms with Crippen molar-refractivity contribution in [2.24, 2.45) is 0 Å². The molecule has 3 N–H and O–H groups in total. The van der Waals surface area contributed by atoms with Crippen LogP contribution in [0.5, 0.6) is 5.75 Å². The van der Waals surface area contributed by atoms with E-state index >= 15 is 0 Å². The molecular formula is C10H10N2O4S. The number of hydrogen-bond donors (Lipinski definition) is 2. The summed E-state index contributed by atoms with van der Waals surface area (Å²) in [5, 5.41) is 13.4. The predicted molar refractivity (Wildman–Crippen MR) is 61.1 cm³/mol. The SMILES string of the molecule is CS(=O)(=O)c1ccc(-c2cc(N)on2)c(O)c1. The van der Waals surface area contributed by atoms with Crippen molar-refractivity contribution in [2.75, 3.05) is 12.0 Å². The molecule has 1 aromatic heterocycles. The summed E-state index contributed by atoms with van der Waals surface area (Å²) in [6.45, 7) is 0. The van der Waals surface area contributed by atoms with Crippen LogP contribution in [0.2, 0.25) is 0 Å². The summed E-state index contributed by atoms with van der Waals surface area (Å²) in [6, 6.07) is 5.43. The molecule has 0 saturated heterocycles. The zero-order valence-electron chi connectivity index (χ0n) is 8.91. The third-order valence-corrected chi connectivity index (χ3v) is 3.31. The van der Waals surface area contributed by atoms with Crippen molar-refractivity contribution in [2.45, 2.75) is 4.90 Å². The number of anilines is 1. The highest BCUT2D eigenvalue weighted by Gasteiger charge is 2.13. The number of aromatic hydroxyl groups is 1. The van der Waals surface area contributed by atoms with Crippen LogP contribution in [-0.2, 0) is 9.84 Å². The van der Waals surface area contributed by atoms with Crippen molar-refractivity contribution >= 4 is 15.7 Å². The Bertz CT molecular complexity index is 661. The van der Waals surface area contributed by atoms with Crippen molar-refractivity contribution < 1.29 is 18.0 Å². The maximum atomic E-state index is 11.3. The summed E-state index contributed by atoms with van der Waals surface area (Å²) in [5.41, 5.74) is 6.06. The topological polar surface area (TPSA) is 106 Å². The molecule has 0 saturated carbocycles. The third kappa shape index (κ3) is 2.23. The fourth-order valence-corrected chi connectivity index (χ4v) is 2.02. The second-order valence-electron chi connectivity index (χ2n) is 3.57. The molecule has 0 atom stereocenters. The van der Waals surface area contributed by atoms with Gasteiger partial charge in [0.2, 0.25) is 5.88 Å². The molecule has 0 amide bonds. The molecule has 0 radical (unpaired) electrons. The third-order valence-electron chi connectivity index (χ3n) is 2.20. The van der Waals surface area contributed by atoms with Gasteiger partial charge in [-0.25, -0.2) is 8.42 Å². The van der Waals surface area contributed by atoms with Gasteiger partial charge in [0, 0.05) is 17.9 Å². The minimum atomic E-state index is -3.35. The number of aromatic nitrogens is 1. The molecule has 2 aromatic rings. The standard InChI is InChI=1S/C10H10N2O4S/c1-17(14,15)6-2-3-7(9(13)4-6)8-5-10(11)16-12-8/h2-5,13H,11H2,1H3. The van der Waals surface area contributed by atoms with Crippen LogP contribution in [-0.4, -0.2) is 24.9 Å². The Morgan fingerprint density at radius 3 is 2.53 bits per heavy atom. The first-order chi connectivity index (χ1) is 7.88. The minimum absolute atomic E-state index is 0.0372. The van der Waals surface area contributed by atoms with Gasteiger partial charge < -0.3 is 15.4 Å². The van der Waals surface area contributed by atoms with Crippen molar-refractivity contribution in [1.82, 2.24) is 5.16 Å². The van der Waals surface area contributed by atoms with E-state index in [-0.39, 0.29) is 16.5 Å². The molecule has 0 spiro atoms. The van der Waals surface area contributed by atoms with Crippen LogP contribution in [0, 0.1) is 0 Å². The average Bonchev–Trinajstić information content (AvgIpc) is 2.63. The first kappa shape index (κ1) is 11.5. The zero-order chi connectivity index (χ0) is 12.6. The van der Waals surface area contributed by atoms with E-state index in [1.165, 1.54) is 18.2 Å². The average molecular weight is 254 g/mol. The molecule has 6 nitrogen and oxygen atoms in total. The van der Waals surface area contributed by atoms with Gasteiger partial charge in [0.15, 0.2) is 9.84 Å². The summed E-state index contributed by atoms with van der Waals surface area (Å²) in [7, 11) is -3.35. The van der Waals surface area contributed by atoms with Crippen LogP contribution in [0.25, 0.3) is 11.3 Å². The highest BCUT2D eigenvalue weighted by atomic mass is 32.2. The largest absolute Gasteiger partial charge is 0.507 e. The van der Waals surface area contributed by atoms with E-state index in [4.69, 9.17) is 5.73 Å². The molecule has 0 aliphatic rings. The van der Waals surface area contributed by atoms with Crippen LogP contribution >= 0.6 is 0 Å². The summed E-state index contributed by atoms with van der Waals surface area (Å²) in [4.78, 5) is 0.0372. The summed E-state index contributed by atoms with van der Waals surface area (Å²) < 4.78 is 27.2. The monoisotopic (exact) mass is 254 g/mol. The van der Waals surface area contributed by atoms with Gasteiger partial charge in [-0.2, -0.15) is 0 Å². The minimum Gasteiger partial charge on any atom is -0.507 e. The van der Waals surface area contributed by atoms with Crippen LogP contribution in [0.4, 0.5) is 5.88 Å². The maximum absolute atomic E-state index is 11.3. The number of nitrogens with two attached hydrogens (primary N) is 1. The number of phenols is 1.